The quantitative estimate of drug-likeness (QED) is 0.758. The highest BCUT2D eigenvalue weighted by Crippen LogP contribution is 2.16. The number of aliphatic hydroxyl groups is 1. The molecule has 3 heteroatoms. The highest BCUT2D eigenvalue weighted by atomic mass is 16.3. The van der Waals surface area contributed by atoms with Crippen molar-refractivity contribution in [1.82, 2.24) is 5.32 Å². The van der Waals surface area contributed by atoms with Crippen molar-refractivity contribution in [3.63, 3.8) is 0 Å². The molecular formula is C12H21NO2. The van der Waals surface area contributed by atoms with Crippen molar-refractivity contribution >= 4 is 0 Å². The van der Waals surface area contributed by atoms with Crippen LogP contribution in [0.3, 0.4) is 0 Å². The van der Waals surface area contributed by atoms with Crippen LogP contribution in [0.1, 0.15) is 44.8 Å². The molecule has 0 aliphatic carbocycles. The Morgan fingerprint density at radius 3 is 2.67 bits per heavy atom. The lowest BCUT2D eigenvalue weighted by Crippen LogP contribution is -2.22. The molecule has 2 unspecified atom stereocenters. The Morgan fingerprint density at radius 2 is 2.13 bits per heavy atom. The van der Waals surface area contributed by atoms with Crippen molar-refractivity contribution in [3.8, 4) is 0 Å². The number of hydrogen-bond donors (Lipinski definition) is 2. The third kappa shape index (κ3) is 4.06. The van der Waals surface area contributed by atoms with E-state index in [1.807, 2.05) is 12.1 Å². The lowest BCUT2D eigenvalue weighted by molar-refractivity contribution is 0.182. The van der Waals surface area contributed by atoms with Gasteiger partial charge in [-0.25, -0.2) is 0 Å². The maximum absolute atomic E-state index is 9.11. The average Bonchev–Trinajstić information content (AvgIpc) is 2.65. The van der Waals surface area contributed by atoms with Crippen LogP contribution in [0.4, 0.5) is 0 Å². The van der Waals surface area contributed by atoms with Gasteiger partial charge in [-0.15, -0.1) is 0 Å². The van der Waals surface area contributed by atoms with Crippen LogP contribution < -0.4 is 5.32 Å². The standard InChI is InChI=1S/C12H21NO2/c1-4-11-5-6-12(15-11)10(3)13-8-7-9(2)14/h5-6,9-10,13-14H,4,7-8H2,1-3H3. The molecule has 86 valence electrons. The molecule has 0 aliphatic heterocycles. The summed E-state index contributed by atoms with van der Waals surface area (Å²) in [6.07, 6.45) is 1.46. The van der Waals surface area contributed by atoms with Crippen LogP contribution in [0, 0.1) is 0 Å². The summed E-state index contributed by atoms with van der Waals surface area (Å²) in [6.45, 7) is 6.75. The smallest absolute Gasteiger partial charge is 0.120 e. The zero-order chi connectivity index (χ0) is 11.3. The van der Waals surface area contributed by atoms with Gasteiger partial charge < -0.3 is 14.8 Å². The maximum atomic E-state index is 9.11. The third-order valence-electron chi connectivity index (χ3n) is 2.47. The van der Waals surface area contributed by atoms with E-state index in [4.69, 9.17) is 9.52 Å². The summed E-state index contributed by atoms with van der Waals surface area (Å²) in [6, 6.07) is 4.24. The Hall–Kier alpha value is -0.800. The van der Waals surface area contributed by atoms with Gasteiger partial charge in [-0.2, -0.15) is 0 Å². The lowest BCUT2D eigenvalue weighted by Gasteiger charge is -2.12. The number of rotatable bonds is 6. The molecular weight excluding hydrogens is 190 g/mol. The van der Waals surface area contributed by atoms with E-state index in [9.17, 15) is 0 Å². The van der Waals surface area contributed by atoms with Gasteiger partial charge in [0.15, 0.2) is 0 Å². The van der Waals surface area contributed by atoms with Crippen LogP contribution in [0.5, 0.6) is 0 Å². The second-order valence-electron chi connectivity index (χ2n) is 3.97. The van der Waals surface area contributed by atoms with E-state index < -0.39 is 0 Å². The van der Waals surface area contributed by atoms with Gasteiger partial charge in [-0.3, -0.25) is 0 Å². The Morgan fingerprint density at radius 1 is 1.40 bits per heavy atom. The molecule has 1 heterocycles. The Balaban J connectivity index is 2.36. The number of furan rings is 1. The summed E-state index contributed by atoms with van der Waals surface area (Å²) in [7, 11) is 0. The van der Waals surface area contributed by atoms with Crippen molar-refractivity contribution < 1.29 is 9.52 Å². The first-order valence-corrected chi connectivity index (χ1v) is 5.63. The van der Waals surface area contributed by atoms with E-state index in [1.165, 1.54) is 0 Å². The summed E-state index contributed by atoms with van der Waals surface area (Å²) in [5, 5.41) is 12.4. The van der Waals surface area contributed by atoms with Crippen molar-refractivity contribution in [1.29, 1.82) is 0 Å². The van der Waals surface area contributed by atoms with E-state index >= 15 is 0 Å². The van der Waals surface area contributed by atoms with Gasteiger partial charge >= 0.3 is 0 Å². The van der Waals surface area contributed by atoms with Gasteiger partial charge in [0.1, 0.15) is 11.5 Å². The summed E-state index contributed by atoms with van der Waals surface area (Å²) >= 11 is 0. The highest BCUT2D eigenvalue weighted by molar-refractivity contribution is 5.09. The fourth-order valence-electron chi connectivity index (χ4n) is 1.43. The first-order chi connectivity index (χ1) is 7.13. The van der Waals surface area contributed by atoms with Crippen LogP contribution >= 0.6 is 0 Å². The normalized spacial score (nSPS) is 15.2. The van der Waals surface area contributed by atoms with Crippen LogP contribution in [0.15, 0.2) is 16.5 Å². The molecule has 0 bridgehead atoms. The van der Waals surface area contributed by atoms with Gasteiger partial charge in [0, 0.05) is 6.42 Å². The van der Waals surface area contributed by atoms with Crippen LogP contribution in [0.25, 0.3) is 0 Å². The van der Waals surface area contributed by atoms with Crippen LogP contribution in [0.2, 0.25) is 0 Å². The molecule has 1 aromatic heterocycles. The van der Waals surface area contributed by atoms with Gasteiger partial charge in [-0.1, -0.05) is 6.92 Å². The summed E-state index contributed by atoms with van der Waals surface area (Å²) in [4.78, 5) is 0. The molecule has 0 radical (unpaired) electrons. The molecule has 1 aromatic rings. The van der Waals surface area contributed by atoms with Crippen LogP contribution in [-0.4, -0.2) is 17.8 Å². The molecule has 0 spiro atoms. The van der Waals surface area contributed by atoms with E-state index in [-0.39, 0.29) is 12.1 Å². The molecule has 15 heavy (non-hydrogen) atoms. The minimum Gasteiger partial charge on any atom is -0.464 e. The zero-order valence-corrected chi connectivity index (χ0v) is 9.79. The van der Waals surface area contributed by atoms with Gasteiger partial charge in [-0.05, 0) is 38.9 Å². The Kier molecular flexibility index (Phi) is 4.85. The summed E-state index contributed by atoms with van der Waals surface area (Å²) in [5.41, 5.74) is 0. The number of aliphatic hydroxyl groups excluding tert-OH is 1. The van der Waals surface area contributed by atoms with Crippen molar-refractivity contribution in [3.05, 3.63) is 23.7 Å². The van der Waals surface area contributed by atoms with Crippen molar-refractivity contribution in [2.75, 3.05) is 6.54 Å². The maximum Gasteiger partial charge on any atom is 0.120 e. The number of nitrogens with one attached hydrogen (secondary N) is 1. The van der Waals surface area contributed by atoms with Crippen LogP contribution in [-0.2, 0) is 6.42 Å². The number of aryl methyl sites for hydroxylation is 1. The minimum atomic E-state index is -0.243. The first-order valence-electron chi connectivity index (χ1n) is 5.63. The van der Waals surface area contributed by atoms with E-state index in [1.54, 1.807) is 6.92 Å². The van der Waals surface area contributed by atoms with E-state index in [0.29, 0.717) is 0 Å². The molecule has 2 N–H and O–H groups in total. The van der Waals surface area contributed by atoms with Crippen molar-refractivity contribution in [2.24, 2.45) is 0 Å². The van der Waals surface area contributed by atoms with Gasteiger partial charge in [0.2, 0.25) is 0 Å². The Bertz CT molecular complexity index is 281. The monoisotopic (exact) mass is 211 g/mol. The second-order valence-corrected chi connectivity index (χ2v) is 3.97. The molecule has 0 aromatic carbocycles. The first kappa shape index (κ1) is 12.3. The fraction of sp³-hybridized carbons (Fsp3) is 0.667. The molecule has 0 fully saturated rings. The lowest BCUT2D eigenvalue weighted by atomic mass is 10.2. The Labute approximate surface area is 91.5 Å². The predicted octanol–water partition coefficient (Wildman–Crippen LogP) is 2.26. The largest absolute Gasteiger partial charge is 0.464 e. The van der Waals surface area contributed by atoms with Gasteiger partial charge in [0.25, 0.3) is 0 Å². The third-order valence-corrected chi connectivity index (χ3v) is 2.47. The average molecular weight is 211 g/mol. The molecule has 0 saturated carbocycles. The summed E-state index contributed by atoms with van der Waals surface area (Å²) in [5.74, 6) is 1.99. The van der Waals surface area contributed by atoms with E-state index in [2.05, 4.69) is 19.2 Å². The topological polar surface area (TPSA) is 45.4 Å². The molecule has 0 aliphatic rings. The van der Waals surface area contributed by atoms with Gasteiger partial charge in [0.05, 0.1) is 12.1 Å². The molecule has 3 nitrogen and oxygen atoms in total. The van der Waals surface area contributed by atoms with E-state index in [0.717, 1.165) is 30.9 Å². The molecule has 0 amide bonds. The fourth-order valence-corrected chi connectivity index (χ4v) is 1.43. The number of hydrogen-bond acceptors (Lipinski definition) is 3. The highest BCUT2D eigenvalue weighted by Gasteiger charge is 2.09. The molecule has 1 rings (SSSR count). The van der Waals surface area contributed by atoms with Crippen molar-refractivity contribution in [2.45, 2.75) is 45.8 Å². The molecule has 2 atom stereocenters. The predicted molar refractivity (Wildman–Crippen MR) is 60.8 cm³/mol. The summed E-state index contributed by atoms with van der Waals surface area (Å²) < 4.78 is 5.63. The molecule has 0 saturated heterocycles. The minimum absolute atomic E-state index is 0.212. The zero-order valence-electron chi connectivity index (χ0n) is 9.79. The second kappa shape index (κ2) is 5.93. The SMILES string of the molecule is CCc1ccc(C(C)NCCC(C)O)o1.